The first kappa shape index (κ1) is 16.6. The summed E-state index contributed by atoms with van der Waals surface area (Å²) in [7, 11) is 4.13. The molecule has 1 aliphatic carbocycles. The van der Waals surface area contributed by atoms with Gasteiger partial charge in [0.1, 0.15) is 0 Å². The first-order chi connectivity index (χ1) is 11.6. The number of aromatic nitrogens is 1. The predicted molar refractivity (Wildman–Crippen MR) is 96.7 cm³/mol. The Balaban J connectivity index is 2.00. The van der Waals surface area contributed by atoms with Gasteiger partial charge in [0.2, 0.25) is 0 Å². The molecule has 0 atom stereocenters. The van der Waals surface area contributed by atoms with Crippen molar-refractivity contribution >= 4 is 22.3 Å². The van der Waals surface area contributed by atoms with E-state index in [4.69, 9.17) is 4.98 Å². The molecule has 0 aliphatic heterocycles. The topological polar surface area (TPSA) is 71.3 Å². The number of benzene rings is 1. The van der Waals surface area contributed by atoms with Crippen LogP contribution in [0.25, 0.3) is 10.9 Å². The van der Waals surface area contributed by atoms with E-state index >= 15 is 0 Å². The van der Waals surface area contributed by atoms with Gasteiger partial charge < -0.3 is 10.2 Å². The molecule has 0 saturated heterocycles. The van der Waals surface area contributed by atoms with Crippen molar-refractivity contribution in [3.63, 3.8) is 0 Å². The number of hydrogen-bond acceptors (Lipinski definition) is 5. The molecule has 0 saturated carbocycles. The van der Waals surface area contributed by atoms with Gasteiger partial charge in [0, 0.05) is 35.4 Å². The second-order valence-electron chi connectivity index (χ2n) is 6.66. The maximum Gasteiger partial charge on any atom is 0.270 e. The van der Waals surface area contributed by atoms with Crippen LogP contribution in [0, 0.1) is 10.1 Å². The number of anilines is 1. The smallest absolute Gasteiger partial charge is 0.270 e. The average Bonchev–Trinajstić information content (AvgIpc) is 2.57. The molecule has 128 valence electrons. The van der Waals surface area contributed by atoms with E-state index in [0.29, 0.717) is 0 Å². The van der Waals surface area contributed by atoms with Crippen LogP contribution in [0.3, 0.4) is 0 Å². The van der Waals surface area contributed by atoms with E-state index in [9.17, 15) is 10.1 Å². The van der Waals surface area contributed by atoms with Crippen LogP contribution in [0.2, 0.25) is 0 Å². The van der Waals surface area contributed by atoms with E-state index in [-0.39, 0.29) is 10.6 Å². The Morgan fingerprint density at radius 3 is 2.83 bits per heavy atom. The maximum absolute atomic E-state index is 11.1. The summed E-state index contributed by atoms with van der Waals surface area (Å²) in [5.74, 6) is 0. The second-order valence-corrected chi connectivity index (χ2v) is 6.66. The summed E-state index contributed by atoms with van der Waals surface area (Å²) in [6, 6.07) is 4.97. The van der Waals surface area contributed by atoms with Crippen LogP contribution in [0.1, 0.15) is 30.5 Å². The van der Waals surface area contributed by atoms with Gasteiger partial charge in [-0.15, -0.1) is 0 Å². The molecule has 0 unspecified atom stereocenters. The van der Waals surface area contributed by atoms with Crippen LogP contribution < -0.4 is 5.32 Å². The van der Waals surface area contributed by atoms with E-state index in [1.807, 2.05) is 0 Å². The Morgan fingerprint density at radius 1 is 1.29 bits per heavy atom. The summed E-state index contributed by atoms with van der Waals surface area (Å²) in [5, 5.41) is 15.6. The SMILES string of the molecule is CN(C)CCCNc1c2c(nc3ccc([N+](=O)[O-])cc13)CCCC2. The monoisotopic (exact) mass is 328 g/mol. The predicted octanol–water partition coefficient (Wildman–Crippen LogP) is 3.39. The molecular formula is C18H24N4O2. The molecule has 1 N–H and O–H groups in total. The fraction of sp³-hybridized carbons (Fsp3) is 0.500. The van der Waals surface area contributed by atoms with Crippen LogP contribution >= 0.6 is 0 Å². The Hall–Kier alpha value is -2.21. The minimum absolute atomic E-state index is 0.122. The molecule has 0 spiro atoms. The largest absolute Gasteiger partial charge is 0.384 e. The third-order valence-electron chi connectivity index (χ3n) is 4.54. The normalized spacial score (nSPS) is 14.0. The molecule has 2 aromatic rings. The quantitative estimate of drug-likeness (QED) is 0.500. The summed E-state index contributed by atoms with van der Waals surface area (Å²) in [6.07, 6.45) is 5.34. The van der Waals surface area contributed by atoms with E-state index in [1.54, 1.807) is 18.2 Å². The van der Waals surface area contributed by atoms with Gasteiger partial charge in [0.25, 0.3) is 5.69 Å². The van der Waals surface area contributed by atoms with Crippen LogP contribution in [-0.4, -0.2) is 42.0 Å². The second kappa shape index (κ2) is 7.13. The molecule has 6 heteroatoms. The number of fused-ring (bicyclic) bond motifs is 2. The van der Waals surface area contributed by atoms with Gasteiger partial charge in [-0.25, -0.2) is 0 Å². The van der Waals surface area contributed by atoms with Crippen molar-refractivity contribution in [2.24, 2.45) is 0 Å². The first-order valence-corrected chi connectivity index (χ1v) is 8.55. The van der Waals surface area contributed by atoms with Gasteiger partial charge in [-0.3, -0.25) is 15.1 Å². The zero-order valence-corrected chi connectivity index (χ0v) is 14.3. The van der Waals surface area contributed by atoms with Crippen LogP contribution in [0.5, 0.6) is 0 Å². The zero-order chi connectivity index (χ0) is 17.1. The number of rotatable bonds is 6. The van der Waals surface area contributed by atoms with Crippen molar-refractivity contribution < 1.29 is 4.92 Å². The molecule has 0 amide bonds. The summed E-state index contributed by atoms with van der Waals surface area (Å²) >= 11 is 0. The van der Waals surface area contributed by atoms with Crippen molar-refractivity contribution in [3.05, 3.63) is 39.6 Å². The average molecular weight is 328 g/mol. The van der Waals surface area contributed by atoms with Crippen molar-refractivity contribution in [1.29, 1.82) is 0 Å². The number of nitrogens with zero attached hydrogens (tertiary/aromatic N) is 3. The summed E-state index contributed by atoms with van der Waals surface area (Å²) in [4.78, 5) is 17.7. The van der Waals surface area contributed by atoms with Crippen molar-refractivity contribution in [1.82, 2.24) is 9.88 Å². The molecular weight excluding hydrogens is 304 g/mol. The number of non-ortho nitro benzene ring substituents is 1. The number of pyridine rings is 1. The molecule has 24 heavy (non-hydrogen) atoms. The Morgan fingerprint density at radius 2 is 2.08 bits per heavy atom. The lowest BCUT2D eigenvalue weighted by Crippen LogP contribution is -2.18. The lowest BCUT2D eigenvalue weighted by atomic mass is 9.92. The van der Waals surface area contributed by atoms with Gasteiger partial charge in [0.05, 0.1) is 10.4 Å². The standard InChI is InChI=1S/C18H24N4O2/c1-21(2)11-5-10-19-18-14-6-3-4-7-16(14)20-17-9-8-13(22(23)24)12-15(17)18/h8-9,12H,3-7,10-11H2,1-2H3,(H,19,20). The van der Waals surface area contributed by atoms with Gasteiger partial charge in [0.15, 0.2) is 0 Å². The molecule has 0 radical (unpaired) electrons. The van der Waals surface area contributed by atoms with E-state index in [2.05, 4.69) is 24.3 Å². The molecule has 1 aromatic carbocycles. The maximum atomic E-state index is 11.1. The van der Waals surface area contributed by atoms with E-state index in [0.717, 1.165) is 61.1 Å². The number of aryl methyl sites for hydroxylation is 1. The molecule has 1 aromatic heterocycles. The molecule has 0 bridgehead atoms. The summed E-state index contributed by atoms with van der Waals surface area (Å²) in [5.41, 5.74) is 4.42. The summed E-state index contributed by atoms with van der Waals surface area (Å²) < 4.78 is 0. The lowest BCUT2D eigenvalue weighted by Gasteiger charge is -2.22. The first-order valence-electron chi connectivity index (χ1n) is 8.55. The Labute approximate surface area is 142 Å². The van der Waals surface area contributed by atoms with Crippen molar-refractivity contribution in [2.45, 2.75) is 32.1 Å². The highest BCUT2D eigenvalue weighted by molar-refractivity contribution is 5.95. The Kier molecular flexibility index (Phi) is 4.94. The number of nitrogens with one attached hydrogen (secondary N) is 1. The fourth-order valence-corrected chi connectivity index (χ4v) is 3.34. The number of nitro benzene ring substituents is 1. The van der Waals surface area contributed by atoms with Crippen molar-refractivity contribution in [2.75, 3.05) is 32.5 Å². The van der Waals surface area contributed by atoms with Crippen LogP contribution in [-0.2, 0) is 12.8 Å². The minimum atomic E-state index is -0.339. The third-order valence-corrected chi connectivity index (χ3v) is 4.54. The van der Waals surface area contributed by atoms with Gasteiger partial charge in [-0.05, 0) is 64.4 Å². The minimum Gasteiger partial charge on any atom is -0.384 e. The highest BCUT2D eigenvalue weighted by Gasteiger charge is 2.19. The van der Waals surface area contributed by atoms with Crippen molar-refractivity contribution in [3.8, 4) is 0 Å². The molecule has 6 nitrogen and oxygen atoms in total. The molecule has 0 fully saturated rings. The number of hydrogen-bond donors (Lipinski definition) is 1. The fourth-order valence-electron chi connectivity index (χ4n) is 3.34. The highest BCUT2D eigenvalue weighted by Crippen LogP contribution is 2.34. The number of nitro groups is 1. The highest BCUT2D eigenvalue weighted by atomic mass is 16.6. The molecule has 3 rings (SSSR count). The Bertz CT molecular complexity index is 758. The van der Waals surface area contributed by atoms with E-state index < -0.39 is 0 Å². The van der Waals surface area contributed by atoms with Crippen LogP contribution in [0.4, 0.5) is 11.4 Å². The van der Waals surface area contributed by atoms with Crippen LogP contribution in [0.15, 0.2) is 18.2 Å². The zero-order valence-electron chi connectivity index (χ0n) is 14.3. The lowest BCUT2D eigenvalue weighted by molar-refractivity contribution is -0.384. The molecule has 1 aliphatic rings. The van der Waals surface area contributed by atoms with Gasteiger partial charge in [-0.1, -0.05) is 0 Å². The summed E-state index contributed by atoms with van der Waals surface area (Å²) in [6.45, 7) is 1.87. The van der Waals surface area contributed by atoms with Gasteiger partial charge >= 0.3 is 0 Å². The molecule has 1 heterocycles. The van der Waals surface area contributed by atoms with Gasteiger partial charge in [-0.2, -0.15) is 0 Å². The van der Waals surface area contributed by atoms with E-state index in [1.165, 1.54) is 12.0 Å². The third kappa shape index (κ3) is 3.48.